The number of phenolic OH excluding ortho intramolecular Hbond substituents is 1. The molecule has 0 amide bonds. The quantitative estimate of drug-likeness (QED) is 0.118. The van der Waals surface area contributed by atoms with Crippen LogP contribution in [0.1, 0.15) is 5.56 Å². The Balaban J connectivity index is 1.60. The van der Waals surface area contributed by atoms with Crippen molar-refractivity contribution < 1.29 is 31.2 Å². The van der Waals surface area contributed by atoms with Crippen LogP contribution >= 0.6 is 11.6 Å². The third-order valence-corrected chi connectivity index (χ3v) is 8.52. The van der Waals surface area contributed by atoms with Crippen molar-refractivity contribution in [2.75, 3.05) is 4.72 Å². The van der Waals surface area contributed by atoms with Crippen LogP contribution in [0, 0.1) is 6.92 Å². The van der Waals surface area contributed by atoms with Crippen LogP contribution in [0.25, 0.3) is 10.8 Å². The minimum Gasteiger partial charge on any atom is -0.505 e. The van der Waals surface area contributed by atoms with E-state index in [1.54, 1.807) is 61.5 Å². The number of sulfonamides is 1. The van der Waals surface area contributed by atoms with E-state index < -0.39 is 30.8 Å². The molecule has 0 bridgehead atoms. The number of rotatable bonds is 8. The summed E-state index contributed by atoms with van der Waals surface area (Å²) in [5, 5.41) is 20.0. The lowest BCUT2D eigenvalue weighted by Crippen LogP contribution is -2.14. The topological polar surface area (TPSA) is 155 Å². The fourth-order valence-corrected chi connectivity index (χ4v) is 5.78. The number of nitrogens with one attached hydrogen (secondary N) is 1. The summed E-state index contributed by atoms with van der Waals surface area (Å²) in [5.74, 6) is 0.339. The molecule has 0 saturated heterocycles. The highest BCUT2D eigenvalue weighted by Crippen LogP contribution is 2.42. The van der Waals surface area contributed by atoms with Gasteiger partial charge in [-0.05, 0) is 66.9 Å². The number of hydrogen-bond donors (Lipinski definition) is 3. The molecule has 0 atom stereocenters. The van der Waals surface area contributed by atoms with Crippen molar-refractivity contribution in [3.63, 3.8) is 0 Å². The number of nitrogens with zero attached hydrogens (tertiary/aromatic N) is 2. The van der Waals surface area contributed by atoms with Gasteiger partial charge in [0, 0.05) is 11.1 Å². The van der Waals surface area contributed by atoms with Gasteiger partial charge in [0.2, 0.25) is 0 Å². The van der Waals surface area contributed by atoms with Crippen LogP contribution in [0.15, 0.2) is 117 Å². The van der Waals surface area contributed by atoms with Crippen LogP contribution < -0.4 is 9.46 Å². The maximum atomic E-state index is 13.2. The largest absolute Gasteiger partial charge is 0.505 e. The number of ether oxygens (including phenoxy) is 1. The molecule has 10 nitrogen and oxygen atoms in total. The summed E-state index contributed by atoms with van der Waals surface area (Å²) >= 11 is 6.15. The summed E-state index contributed by atoms with van der Waals surface area (Å²) in [7, 11) is -8.96. The zero-order valence-corrected chi connectivity index (χ0v) is 24.2. The second-order valence-electron chi connectivity index (χ2n) is 9.12. The van der Waals surface area contributed by atoms with Crippen molar-refractivity contribution in [2.24, 2.45) is 10.2 Å². The SMILES string of the molecule is Cc1ccc(S(=O)(=O)Nc2cc(S(=O)(=O)O)cc3ccc(N=Nc4ccc(Cl)cc4Oc4ccccc4)c(O)c23)cc1. The Morgan fingerprint density at radius 1 is 0.786 bits per heavy atom. The first kappa shape index (κ1) is 29.0. The number of halogens is 1. The second kappa shape index (κ2) is 11.4. The van der Waals surface area contributed by atoms with Gasteiger partial charge in [-0.25, -0.2) is 8.42 Å². The van der Waals surface area contributed by atoms with Crippen LogP contribution in [0.4, 0.5) is 17.1 Å². The monoisotopic (exact) mass is 623 g/mol. The van der Waals surface area contributed by atoms with E-state index in [0.717, 1.165) is 17.7 Å². The molecule has 5 aromatic carbocycles. The summed E-state index contributed by atoms with van der Waals surface area (Å²) in [6.07, 6.45) is 0. The van der Waals surface area contributed by atoms with Crippen molar-refractivity contribution >= 4 is 59.6 Å². The summed E-state index contributed by atoms with van der Waals surface area (Å²) in [6.45, 7) is 1.79. The number of aryl methyl sites for hydroxylation is 1. The van der Waals surface area contributed by atoms with Gasteiger partial charge < -0.3 is 9.84 Å². The first-order chi connectivity index (χ1) is 19.9. The Kier molecular flexibility index (Phi) is 7.89. The highest BCUT2D eigenvalue weighted by Gasteiger charge is 2.22. The van der Waals surface area contributed by atoms with E-state index in [1.807, 2.05) is 6.07 Å². The van der Waals surface area contributed by atoms with E-state index in [4.69, 9.17) is 16.3 Å². The number of para-hydroxylation sites is 1. The standard InChI is InChI=1S/C29H22ClN3O7S2/c1-18-7-11-22(12-8-18)41(35,36)33-26-17-23(42(37,38)39)15-19-9-13-25(29(34)28(19)26)32-31-24-14-10-20(30)16-27(24)40-21-5-3-2-4-6-21/h2-17,33-34H,1H3,(H,37,38,39). The second-order valence-corrected chi connectivity index (χ2v) is 12.7. The van der Waals surface area contributed by atoms with Crippen molar-refractivity contribution in [2.45, 2.75) is 16.7 Å². The zero-order chi connectivity index (χ0) is 30.1. The molecule has 42 heavy (non-hydrogen) atoms. The molecule has 0 aliphatic carbocycles. The summed E-state index contributed by atoms with van der Waals surface area (Å²) in [5.41, 5.74) is 0.761. The van der Waals surface area contributed by atoms with Gasteiger partial charge in [0.1, 0.15) is 17.1 Å². The van der Waals surface area contributed by atoms with Crippen LogP contribution in [0.5, 0.6) is 17.2 Å². The van der Waals surface area contributed by atoms with Crippen molar-refractivity contribution in [3.05, 3.63) is 108 Å². The summed E-state index contributed by atoms with van der Waals surface area (Å²) < 4.78 is 68.2. The molecule has 214 valence electrons. The fourth-order valence-electron chi connectivity index (χ4n) is 4.02. The minimum atomic E-state index is -4.73. The number of phenols is 1. The molecule has 0 spiro atoms. The predicted octanol–water partition coefficient (Wildman–Crippen LogP) is 7.76. The zero-order valence-electron chi connectivity index (χ0n) is 21.8. The van der Waals surface area contributed by atoms with Gasteiger partial charge in [-0.3, -0.25) is 9.27 Å². The number of hydrogen-bond acceptors (Lipinski definition) is 8. The first-order valence-corrected chi connectivity index (χ1v) is 15.5. The van der Waals surface area contributed by atoms with Gasteiger partial charge in [-0.2, -0.15) is 8.42 Å². The fraction of sp³-hybridized carbons (Fsp3) is 0.0345. The Morgan fingerprint density at radius 3 is 2.14 bits per heavy atom. The average Bonchev–Trinajstić information content (AvgIpc) is 2.93. The molecule has 0 aliphatic rings. The molecule has 0 unspecified atom stereocenters. The van der Waals surface area contributed by atoms with Crippen molar-refractivity contribution in [1.82, 2.24) is 0 Å². The molecular formula is C29H22ClN3O7S2. The Labute approximate surface area is 246 Å². The van der Waals surface area contributed by atoms with E-state index in [9.17, 15) is 26.5 Å². The highest BCUT2D eigenvalue weighted by atomic mass is 35.5. The molecule has 5 aromatic rings. The van der Waals surface area contributed by atoms with Crippen LogP contribution in [0.3, 0.4) is 0 Å². The van der Waals surface area contributed by atoms with Crippen LogP contribution in [-0.4, -0.2) is 26.5 Å². The molecule has 0 aromatic heterocycles. The van der Waals surface area contributed by atoms with E-state index >= 15 is 0 Å². The third kappa shape index (κ3) is 6.37. The van der Waals surface area contributed by atoms with Crippen LogP contribution in [-0.2, 0) is 20.1 Å². The molecule has 0 radical (unpaired) electrons. The van der Waals surface area contributed by atoms with E-state index in [0.29, 0.717) is 16.5 Å². The number of anilines is 1. The number of benzene rings is 5. The van der Waals surface area contributed by atoms with Gasteiger partial charge in [-0.1, -0.05) is 53.6 Å². The van der Waals surface area contributed by atoms with E-state index in [-0.39, 0.29) is 32.7 Å². The lowest BCUT2D eigenvalue weighted by atomic mass is 10.1. The molecule has 3 N–H and O–H groups in total. The van der Waals surface area contributed by atoms with Gasteiger partial charge >= 0.3 is 0 Å². The van der Waals surface area contributed by atoms with Crippen molar-refractivity contribution in [1.29, 1.82) is 0 Å². The molecule has 5 rings (SSSR count). The maximum absolute atomic E-state index is 13.2. The summed E-state index contributed by atoms with van der Waals surface area (Å²) in [6, 6.07) is 24.4. The Morgan fingerprint density at radius 2 is 1.45 bits per heavy atom. The number of aromatic hydroxyl groups is 1. The van der Waals surface area contributed by atoms with Gasteiger partial charge in [0.25, 0.3) is 20.1 Å². The van der Waals surface area contributed by atoms with E-state index in [1.165, 1.54) is 24.3 Å². The molecule has 0 aliphatic heterocycles. The third-order valence-electron chi connectivity index (χ3n) is 6.07. The Bertz CT molecular complexity index is 2050. The predicted molar refractivity (Wildman–Crippen MR) is 160 cm³/mol. The van der Waals surface area contributed by atoms with Crippen LogP contribution in [0.2, 0.25) is 5.02 Å². The van der Waals surface area contributed by atoms with Gasteiger partial charge in [0.05, 0.1) is 20.9 Å². The normalized spacial score (nSPS) is 12.1. The average molecular weight is 624 g/mol. The molecule has 13 heteroatoms. The lowest BCUT2D eigenvalue weighted by Gasteiger charge is -2.14. The smallest absolute Gasteiger partial charge is 0.294 e. The van der Waals surface area contributed by atoms with Crippen molar-refractivity contribution in [3.8, 4) is 17.2 Å². The summed E-state index contributed by atoms with van der Waals surface area (Å²) in [4.78, 5) is -0.670. The molecule has 0 saturated carbocycles. The lowest BCUT2D eigenvalue weighted by molar-refractivity contribution is 0.480. The Hall–Kier alpha value is -4.49. The molecule has 0 fully saturated rings. The maximum Gasteiger partial charge on any atom is 0.294 e. The molecule has 0 heterocycles. The number of azo groups is 1. The minimum absolute atomic E-state index is 0.0569. The molecular weight excluding hydrogens is 602 g/mol. The highest BCUT2D eigenvalue weighted by molar-refractivity contribution is 7.92. The van der Waals surface area contributed by atoms with Gasteiger partial charge in [-0.15, -0.1) is 10.2 Å². The first-order valence-electron chi connectivity index (χ1n) is 12.2. The van der Waals surface area contributed by atoms with Gasteiger partial charge in [0.15, 0.2) is 11.5 Å². The number of fused-ring (bicyclic) bond motifs is 1. The van der Waals surface area contributed by atoms with E-state index in [2.05, 4.69) is 15.0 Å².